The second kappa shape index (κ2) is 10.5. The molecule has 3 aromatic heterocycles. The molecule has 1 saturated carbocycles. The lowest BCUT2D eigenvalue weighted by atomic mass is 9.84. The van der Waals surface area contributed by atoms with Gasteiger partial charge >= 0.3 is 0 Å². The number of hydrogen-bond acceptors (Lipinski definition) is 4. The third-order valence-electron chi connectivity index (χ3n) is 6.22. The SMILES string of the molecule is Cc1ccc2cc(C3CCCCC3)c(=O)n(Cc3ncc[nH]c3=O)c2n1.Cc1cccc(F)c1. The molecule has 7 heteroatoms. The fourth-order valence-corrected chi connectivity index (χ4v) is 4.47. The summed E-state index contributed by atoms with van der Waals surface area (Å²) < 4.78 is 13.8. The van der Waals surface area contributed by atoms with Crippen LogP contribution in [0.1, 0.15) is 60.5 Å². The number of aryl methyl sites for hydroxylation is 2. The Kier molecular flexibility index (Phi) is 7.30. The van der Waals surface area contributed by atoms with Gasteiger partial charge in [-0.1, -0.05) is 31.4 Å². The minimum atomic E-state index is -0.275. The lowest BCUT2D eigenvalue weighted by Gasteiger charge is -2.23. The molecule has 3 heterocycles. The van der Waals surface area contributed by atoms with Crippen molar-refractivity contribution in [1.82, 2.24) is 19.5 Å². The van der Waals surface area contributed by atoms with Crippen molar-refractivity contribution in [1.29, 1.82) is 0 Å². The summed E-state index contributed by atoms with van der Waals surface area (Å²) >= 11 is 0. The molecule has 0 bridgehead atoms. The summed E-state index contributed by atoms with van der Waals surface area (Å²) in [5.41, 5.74) is 3.25. The van der Waals surface area contributed by atoms with Crippen molar-refractivity contribution in [3.8, 4) is 0 Å². The summed E-state index contributed by atoms with van der Waals surface area (Å²) in [5, 5.41) is 0.933. The van der Waals surface area contributed by atoms with E-state index in [-0.39, 0.29) is 29.4 Å². The number of aromatic nitrogens is 4. The number of fused-ring (bicyclic) bond motifs is 1. The van der Waals surface area contributed by atoms with Gasteiger partial charge in [-0.05, 0) is 68.5 Å². The molecule has 0 saturated heterocycles. The molecule has 6 nitrogen and oxygen atoms in total. The fraction of sp³-hybridized carbons (Fsp3) is 0.333. The summed E-state index contributed by atoms with van der Waals surface area (Å²) in [6.45, 7) is 3.89. The fourth-order valence-electron chi connectivity index (χ4n) is 4.47. The average Bonchev–Trinajstić information content (AvgIpc) is 2.83. The van der Waals surface area contributed by atoms with E-state index >= 15 is 0 Å². The Morgan fingerprint density at radius 1 is 1.06 bits per heavy atom. The summed E-state index contributed by atoms with van der Waals surface area (Å²) in [6, 6.07) is 12.5. The number of aromatic amines is 1. The summed E-state index contributed by atoms with van der Waals surface area (Å²) in [5.74, 6) is 0.125. The molecular weight excluding hydrogens is 431 g/mol. The third kappa shape index (κ3) is 5.47. The Hall–Kier alpha value is -3.61. The molecule has 1 aliphatic rings. The molecule has 1 N–H and O–H groups in total. The monoisotopic (exact) mass is 460 g/mol. The van der Waals surface area contributed by atoms with Crippen molar-refractivity contribution in [2.75, 3.05) is 0 Å². The first-order valence-corrected chi connectivity index (χ1v) is 11.7. The Balaban J connectivity index is 0.000000291. The zero-order valence-electron chi connectivity index (χ0n) is 19.6. The summed E-state index contributed by atoms with van der Waals surface area (Å²) in [7, 11) is 0. The van der Waals surface area contributed by atoms with Gasteiger partial charge in [0.1, 0.15) is 17.2 Å². The molecule has 4 aromatic rings. The number of rotatable bonds is 3. The smallest absolute Gasteiger partial charge is 0.271 e. The largest absolute Gasteiger partial charge is 0.326 e. The highest BCUT2D eigenvalue weighted by Crippen LogP contribution is 2.32. The van der Waals surface area contributed by atoms with Crippen LogP contribution in [0.3, 0.4) is 0 Å². The van der Waals surface area contributed by atoms with E-state index in [1.54, 1.807) is 10.6 Å². The van der Waals surface area contributed by atoms with Crippen molar-refractivity contribution >= 4 is 11.0 Å². The predicted molar refractivity (Wildman–Crippen MR) is 132 cm³/mol. The molecule has 1 aromatic carbocycles. The average molecular weight is 461 g/mol. The van der Waals surface area contributed by atoms with Crippen molar-refractivity contribution < 1.29 is 4.39 Å². The molecule has 0 spiro atoms. The molecule has 176 valence electrons. The van der Waals surface area contributed by atoms with Gasteiger partial charge in [-0.25, -0.2) is 9.37 Å². The molecule has 34 heavy (non-hydrogen) atoms. The second-order valence-electron chi connectivity index (χ2n) is 8.86. The van der Waals surface area contributed by atoms with Crippen LogP contribution in [0.25, 0.3) is 11.0 Å². The molecule has 1 aliphatic carbocycles. The Morgan fingerprint density at radius 3 is 2.53 bits per heavy atom. The number of nitrogens with zero attached hydrogens (tertiary/aromatic N) is 3. The van der Waals surface area contributed by atoms with Crippen LogP contribution in [0.5, 0.6) is 0 Å². The topological polar surface area (TPSA) is 80.6 Å². The standard InChI is InChI=1S/C20H22N4O2.C7H7F/c1-13-7-8-15-11-16(14-5-3-2-4-6-14)20(26)24(18(15)23-13)12-17-19(25)22-10-9-21-17;1-6-3-2-4-7(8)5-6/h7-11,14H,2-6,12H2,1H3,(H,22,25);2-5H,1H3. The normalized spacial score (nSPS) is 14.0. The lowest BCUT2D eigenvalue weighted by molar-refractivity contribution is 0.439. The van der Waals surface area contributed by atoms with Crippen molar-refractivity contribution in [3.05, 3.63) is 104 Å². The molecule has 0 atom stereocenters. The minimum Gasteiger partial charge on any atom is -0.326 e. The zero-order chi connectivity index (χ0) is 24.1. The van der Waals surface area contributed by atoms with Crippen LogP contribution in [0, 0.1) is 19.7 Å². The summed E-state index contributed by atoms with van der Waals surface area (Å²) in [4.78, 5) is 36.7. The van der Waals surface area contributed by atoms with Crippen LogP contribution < -0.4 is 11.1 Å². The van der Waals surface area contributed by atoms with Crippen molar-refractivity contribution in [2.45, 2.75) is 58.4 Å². The summed E-state index contributed by atoms with van der Waals surface area (Å²) in [6.07, 6.45) is 8.68. The van der Waals surface area contributed by atoms with E-state index in [4.69, 9.17) is 0 Å². The van der Waals surface area contributed by atoms with Gasteiger partial charge in [0.25, 0.3) is 11.1 Å². The quantitative estimate of drug-likeness (QED) is 0.466. The van der Waals surface area contributed by atoms with Crippen molar-refractivity contribution in [2.24, 2.45) is 0 Å². The zero-order valence-corrected chi connectivity index (χ0v) is 19.6. The number of benzene rings is 1. The Labute approximate surface area is 197 Å². The second-order valence-corrected chi connectivity index (χ2v) is 8.86. The highest BCUT2D eigenvalue weighted by Gasteiger charge is 2.21. The lowest BCUT2D eigenvalue weighted by Crippen LogP contribution is -2.30. The van der Waals surface area contributed by atoms with E-state index in [2.05, 4.69) is 15.0 Å². The van der Waals surface area contributed by atoms with Crippen LogP contribution in [0.15, 0.2) is 64.4 Å². The molecule has 5 rings (SSSR count). The van der Waals surface area contributed by atoms with Crippen LogP contribution in [-0.2, 0) is 6.54 Å². The molecule has 0 unspecified atom stereocenters. The Bertz CT molecular complexity index is 1390. The molecule has 0 aliphatic heterocycles. The van der Waals surface area contributed by atoms with E-state index in [0.29, 0.717) is 11.3 Å². The molecule has 0 radical (unpaired) electrons. The van der Waals surface area contributed by atoms with Gasteiger partial charge in [-0.2, -0.15) is 0 Å². The van der Waals surface area contributed by atoms with Gasteiger partial charge in [0.2, 0.25) is 0 Å². The van der Waals surface area contributed by atoms with Gasteiger partial charge in [0.15, 0.2) is 0 Å². The number of halogens is 1. The van der Waals surface area contributed by atoms with E-state index in [9.17, 15) is 14.0 Å². The maximum Gasteiger partial charge on any atom is 0.271 e. The van der Waals surface area contributed by atoms with Crippen molar-refractivity contribution in [3.63, 3.8) is 0 Å². The number of hydrogen-bond donors (Lipinski definition) is 1. The van der Waals surface area contributed by atoms with Gasteiger partial charge in [-0.3, -0.25) is 19.1 Å². The third-order valence-corrected chi connectivity index (χ3v) is 6.22. The van der Waals surface area contributed by atoms with Gasteiger partial charge < -0.3 is 4.98 Å². The first-order chi connectivity index (χ1) is 16.4. The van der Waals surface area contributed by atoms with Gasteiger partial charge in [0.05, 0.1) is 6.54 Å². The van der Waals surface area contributed by atoms with E-state index < -0.39 is 0 Å². The number of pyridine rings is 2. The highest BCUT2D eigenvalue weighted by molar-refractivity contribution is 5.76. The van der Waals surface area contributed by atoms with Crippen LogP contribution in [0.4, 0.5) is 4.39 Å². The Morgan fingerprint density at radius 2 is 1.85 bits per heavy atom. The predicted octanol–water partition coefficient (Wildman–Crippen LogP) is 5.02. The van der Waals surface area contributed by atoms with Crippen LogP contribution in [0.2, 0.25) is 0 Å². The van der Waals surface area contributed by atoms with E-state index in [1.807, 2.05) is 38.1 Å². The molecule has 0 amide bonds. The maximum absolute atomic E-state index is 13.3. The van der Waals surface area contributed by atoms with E-state index in [0.717, 1.165) is 47.9 Å². The maximum atomic E-state index is 13.3. The first-order valence-electron chi connectivity index (χ1n) is 11.7. The van der Waals surface area contributed by atoms with Gasteiger partial charge in [0, 0.05) is 29.0 Å². The van der Waals surface area contributed by atoms with Crippen LogP contribution in [-0.4, -0.2) is 19.5 Å². The first kappa shape index (κ1) is 23.5. The molecular formula is C27H29FN4O2. The number of H-pyrrole nitrogens is 1. The molecule has 1 fully saturated rings. The van der Waals surface area contributed by atoms with Gasteiger partial charge in [-0.15, -0.1) is 0 Å². The van der Waals surface area contributed by atoms with E-state index in [1.165, 1.54) is 30.9 Å². The highest BCUT2D eigenvalue weighted by atomic mass is 19.1. The minimum absolute atomic E-state index is 0.0486. The number of nitrogens with one attached hydrogen (secondary N) is 1. The van der Waals surface area contributed by atoms with Crippen LogP contribution >= 0.6 is 0 Å².